The molecular formula is C23H19Cl2N3O5. The predicted molar refractivity (Wildman–Crippen MR) is 121 cm³/mol. The lowest BCUT2D eigenvalue weighted by atomic mass is 9.96. The van der Waals surface area contributed by atoms with Crippen LogP contribution < -0.4 is 10.2 Å². The van der Waals surface area contributed by atoms with E-state index in [9.17, 15) is 19.2 Å². The first kappa shape index (κ1) is 21.7. The molecule has 1 aliphatic carbocycles. The molecule has 10 heteroatoms. The fraction of sp³-hybridized carbons (Fsp3) is 0.304. The van der Waals surface area contributed by atoms with E-state index in [1.54, 1.807) is 42.5 Å². The zero-order valence-corrected chi connectivity index (χ0v) is 18.9. The number of ether oxygens (including phenoxy) is 1. The Hall–Kier alpha value is -3.10. The van der Waals surface area contributed by atoms with Gasteiger partial charge in [-0.1, -0.05) is 41.4 Å². The molecule has 0 aromatic heterocycles. The van der Waals surface area contributed by atoms with Crippen LogP contribution in [0.15, 0.2) is 42.5 Å². The smallest absolute Gasteiger partial charge is 0.354 e. The van der Waals surface area contributed by atoms with E-state index in [1.165, 1.54) is 9.80 Å². The highest BCUT2D eigenvalue weighted by molar-refractivity contribution is 6.44. The number of nitrogens with one attached hydrogen (secondary N) is 1. The Morgan fingerprint density at radius 3 is 2.61 bits per heavy atom. The minimum atomic E-state index is -1.60. The van der Waals surface area contributed by atoms with Crippen LogP contribution in [0.1, 0.15) is 36.0 Å². The summed E-state index contributed by atoms with van der Waals surface area (Å²) in [6.07, 6.45) is 1.66. The van der Waals surface area contributed by atoms with Crippen LogP contribution in [-0.2, 0) is 19.1 Å². The molecule has 0 spiro atoms. The molecule has 2 aromatic carbocycles. The molecule has 33 heavy (non-hydrogen) atoms. The fourth-order valence-corrected chi connectivity index (χ4v) is 4.89. The second-order valence-corrected chi connectivity index (χ2v) is 8.98. The molecule has 3 aliphatic rings. The van der Waals surface area contributed by atoms with Crippen molar-refractivity contribution in [1.82, 2.24) is 4.90 Å². The number of para-hydroxylation sites is 1. The molecule has 1 N–H and O–H groups in total. The van der Waals surface area contributed by atoms with Crippen molar-refractivity contribution < 1.29 is 23.9 Å². The highest BCUT2D eigenvalue weighted by atomic mass is 35.5. The van der Waals surface area contributed by atoms with E-state index in [0.717, 1.165) is 12.8 Å². The van der Waals surface area contributed by atoms with Gasteiger partial charge in [0.2, 0.25) is 11.6 Å². The Morgan fingerprint density at radius 2 is 1.85 bits per heavy atom. The maximum Gasteiger partial charge on any atom is 0.354 e. The third kappa shape index (κ3) is 3.45. The van der Waals surface area contributed by atoms with Gasteiger partial charge in [-0.3, -0.25) is 19.3 Å². The van der Waals surface area contributed by atoms with E-state index >= 15 is 0 Å². The Labute approximate surface area is 199 Å². The fourth-order valence-electron chi connectivity index (χ4n) is 4.55. The van der Waals surface area contributed by atoms with Gasteiger partial charge in [-0.05, 0) is 37.1 Å². The first-order valence-corrected chi connectivity index (χ1v) is 11.3. The van der Waals surface area contributed by atoms with Gasteiger partial charge in [0.1, 0.15) is 0 Å². The van der Waals surface area contributed by atoms with Gasteiger partial charge in [-0.2, -0.15) is 0 Å². The molecule has 3 amide bonds. The topological polar surface area (TPSA) is 96.0 Å². The number of hydrogen-bond donors (Lipinski definition) is 1. The van der Waals surface area contributed by atoms with Crippen molar-refractivity contribution in [1.29, 1.82) is 0 Å². The minimum Gasteiger partial charge on any atom is -0.452 e. The van der Waals surface area contributed by atoms with Gasteiger partial charge < -0.3 is 15.0 Å². The molecule has 8 nitrogen and oxygen atoms in total. The molecule has 2 heterocycles. The number of esters is 1. The van der Waals surface area contributed by atoms with Gasteiger partial charge in [-0.15, -0.1) is 0 Å². The number of hydrogen-bond acceptors (Lipinski definition) is 5. The van der Waals surface area contributed by atoms with Gasteiger partial charge in [0.25, 0.3) is 11.8 Å². The van der Waals surface area contributed by atoms with Crippen molar-refractivity contribution >= 4 is 58.3 Å². The standard InChI is InChI=1S/C23H19Cl2N3O5/c24-15-5-3-6-16(20(15)25)26-18(29)12-33-22(32)23-11-10-19(30)28(23)17-7-2-1-4-14(17)21(31)27(23)13-8-9-13/h1-7,13H,8-12H2,(H,26,29). The van der Waals surface area contributed by atoms with Crippen LogP contribution in [0.25, 0.3) is 0 Å². The summed E-state index contributed by atoms with van der Waals surface area (Å²) in [5.74, 6) is -2.02. The summed E-state index contributed by atoms with van der Waals surface area (Å²) in [6, 6.07) is 11.3. The second kappa shape index (κ2) is 8.04. The van der Waals surface area contributed by atoms with Crippen molar-refractivity contribution in [2.45, 2.75) is 37.4 Å². The molecule has 2 aliphatic heterocycles. The zero-order valence-electron chi connectivity index (χ0n) is 17.3. The van der Waals surface area contributed by atoms with Gasteiger partial charge in [-0.25, -0.2) is 4.79 Å². The number of nitrogens with zero attached hydrogens (tertiary/aromatic N) is 2. The summed E-state index contributed by atoms with van der Waals surface area (Å²) in [5.41, 5.74) is -0.564. The molecule has 2 aromatic rings. The molecule has 0 bridgehead atoms. The number of benzene rings is 2. The highest BCUT2D eigenvalue weighted by Gasteiger charge is 2.64. The molecule has 1 saturated carbocycles. The van der Waals surface area contributed by atoms with Crippen LogP contribution in [0.2, 0.25) is 10.0 Å². The lowest BCUT2D eigenvalue weighted by Gasteiger charge is -2.48. The minimum absolute atomic E-state index is 0.0876. The molecular weight excluding hydrogens is 469 g/mol. The number of carbonyl (C=O) groups excluding carboxylic acids is 4. The van der Waals surface area contributed by atoms with Gasteiger partial charge in [0.15, 0.2) is 6.61 Å². The molecule has 1 atom stereocenters. The van der Waals surface area contributed by atoms with Crippen molar-refractivity contribution in [2.75, 3.05) is 16.8 Å². The number of anilines is 2. The molecule has 170 valence electrons. The number of carbonyl (C=O) groups is 4. The molecule has 2 fully saturated rings. The Bertz CT molecular complexity index is 1200. The third-order valence-electron chi connectivity index (χ3n) is 6.10. The first-order valence-electron chi connectivity index (χ1n) is 10.5. The summed E-state index contributed by atoms with van der Waals surface area (Å²) in [5, 5.41) is 2.99. The van der Waals surface area contributed by atoms with Crippen LogP contribution in [0.3, 0.4) is 0 Å². The van der Waals surface area contributed by atoms with Crippen LogP contribution >= 0.6 is 23.2 Å². The van der Waals surface area contributed by atoms with Crippen molar-refractivity contribution in [3.05, 3.63) is 58.1 Å². The van der Waals surface area contributed by atoms with Gasteiger partial charge in [0, 0.05) is 18.9 Å². The van der Waals surface area contributed by atoms with E-state index in [0.29, 0.717) is 11.3 Å². The summed E-state index contributed by atoms with van der Waals surface area (Å²) in [4.78, 5) is 55.1. The lowest BCUT2D eigenvalue weighted by Crippen LogP contribution is -2.69. The number of fused-ring (bicyclic) bond motifs is 3. The van der Waals surface area contributed by atoms with Crippen molar-refractivity contribution in [2.24, 2.45) is 0 Å². The molecule has 0 radical (unpaired) electrons. The van der Waals surface area contributed by atoms with Crippen molar-refractivity contribution in [3.63, 3.8) is 0 Å². The van der Waals surface area contributed by atoms with Crippen LogP contribution in [0, 0.1) is 0 Å². The third-order valence-corrected chi connectivity index (χ3v) is 6.92. The quantitative estimate of drug-likeness (QED) is 0.649. The summed E-state index contributed by atoms with van der Waals surface area (Å²) < 4.78 is 5.40. The summed E-state index contributed by atoms with van der Waals surface area (Å²) >= 11 is 12.1. The normalized spacial score (nSPS) is 21.5. The largest absolute Gasteiger partial charge is 0.452 e. The van der Waals surface area contributed by atoms with Crippen LogP contribution in [-0.4, -0.2) is 46.9 Å². The van der Waals surface area contributed by atoms with E-state index in [1.807, 2.05) is 0 Å². The summed E-state index contributed by atoms with van der Waals surface area (Å²) in [7, 11) is 0. The number of halogens is 2. The number of rotatable bonds is 5. The van der Waals surface area contributed by atoms with Gasteiger partial charge in [0.05, 0.1) is 27.0 Å². The van der Waals surface area contributed by atoms with E-state index in [4.69, 9.17) is 27.9 Å². The van der Waals surface area contributed by atoms with Crippen molar-refractivity contribution in [3.8, 4) is 0 Å². The van der Waals surface area contributed by atoms with Crippen LogP contribution in [0.5, 0.6) is 0 Å². The van der Waals surface area contributed by atoms with E-state index in [-0.39, 0.29) is 46.4 Å². The number of amides is 3. The summed E-state index contributed by atoms with van der Waals surface area (Å²) in [6.45, 7) is -0.611. The van der Waals surface area contributed by atoms with Gasteiger partial charge >= 0.3 is 5.97 Å². The SMILES string of the molecule is O=C(COC(=O)C12CCC(=O)N1c1ccccc1C(=O)N2C1CC1)Nc1cccc(Cl)c1Cl. The van der Waals surface area contributed by atoms with E-state index in [2.05, 4.69) is 5.32 Å². The maximum absolute atomic E-state index is 13.5. The second-order valence-electron chi connectivity index (χ2n) is 8.19. The average molecular weight is 488 g/mol. The molecule has 5 rings (SSSR count). The average Bonchev–Trinajstić information content (AvgIpc) is 3.57. The Kier molecular flexibility index (Phi) is 5.29. The first-order chi connectivity index (χ1) is 15.8. The maximum atomic E-state index is 13.5. The highest BCUT2D eigenvalue weighted by Crippen LogP contribution is 2.49. The molecule has 1 saturated heterocycles. The lowest BCUT2D eigenvalue weighted by molar-refractivity contribution is -0.159. The predicted octanol–water partition coefficient (Wildman–Crippen LogP) is 3.62. The van der Waals surface area contributed by atoms with E-state index < -0.39 is 24.1 Å². The van der Waals surface area contributed by atoms with Crippen LogP contribution in [0.4, 0.5) is 11.4 Å². The monoisotopic (exact) mass is 487 g/mol. The molecule has 1 unspecified atom stereocenters. The Morgan fingerprint density at radius 1 is 1.09 bits per heavy atom. The zero-order chi connectivity index (χ0) is 23.3. The Balaban J connectivity index is 1.42.